The van der Waals surface area contributed by atoms with Crippen LogP contribution in [0.5, 0.6) is 0 Å². The second-order valence-electron chi connectivity index (χ2n) is 5.44. The van der Waals surface area contributed by atoms with Gasteiger partial charge in [0.2, 0.25) is 5.82 Å². The van der Waals surface area contributed by atoms with Crippen molar-refractivity contribution in [3.05, 3.63) is 65.7 Å². The van der Waals surface area contributed by atoms with Crippen LogP contribution in [-0.4, -0.2) is 15.1 Å². The fourth-order valence-corrected chi connectivity index (χ4v) is 2.79. The Hall–Kier alpha value is -3.30. The first kappa shape index (κ1) is 17.5. The third-order valence-electron chi connectivity index (χ3n) is 3.46. The summed E-state index contributed by atoms with van der Waals surface area (Å²) in [6.07, 6.45) is 1.45. The molecule has 8 nitrogen and oxygen atoms in total. The van der Waals surface area contributed by atoms with E-state index in [1.54, 1.807) is 24.3 Å². The fourth-order valence-electron chi connectivity index (χ4n) is 2.20. The molecular weight excluding hydrogens is 352 g/mol. The number of rotatable bonds is 6. The van der Waals surface area contributed by atoms with Crippen LogP contribution in [0, 0.1) is 4.91 Å². The molecule has 1 aromatic heterocycles. The summed E-state index contributed by atoms with van der Waals surface area (Å²) in [6, 6.07) is 16.0. The van der Waals surface area contributed by atoms with Gasteiger partial charge in [0.25, 0.3) is 0 Å². The number of nitrogens with two attached hydrogens (primary N) is 1. The Bertz CT molecular complexity index is 1020. The summed E-state index contributed by atoms with van der Waals surface area (Å²) in [6.45, 7) is 0. The van der Waals surface area contributed by atoms with Gasteiger partial charge in [-0.15, -0.1) is 4.91 Å². The molecule has 0 aliphatic carbocycles. The van der Waals surface area contributed by atoms with Crippen molar-refractivity contribution in [1.29, 1.82) is 0 Å². The molecule has 132 valence electrons. The average molecular weight is 369 g/mol. The first-order chi connectivity index (χ1) is 12.5. The largest absolute Gasteiger partial charge is 0.396 e. The van der Waals surface area contributed by atoms with Crippen LogP contribution in [0.15, 0.2) is 70.9 Å². The molecule has 0 saturated carbocycles. The minimum absolute atomic E-state index is 0.148. The molecule has 0 radical (unpaired) electrons. The molecule has 0 bridgehead atoms. The quantitative estimate of drug-likeness (QED) is 0.455. The third kappa shape index (κ3) is 4.21. The van der Waals surface area contributed by atoms with Gasteiger partial charge in [0.1, 0.15) is 0 Å². The Kier molecular flexibility index (Phi) is 4.92. The Labute approximate surface area is 150 Å². The molecule has 3 rings (SSSR count). The van der Waals surface area contributed by atoms with Crippen LogP contribution in [0.25, 0.3) is 0 Å². The Morgan fingerprint density at radius 1 is 1.04 bits per heavy atom. The maximum atomic E-state index is 11.7. The minimum Gasteiger partial charge on any atom is -0.324 e. The van der Waals surface area contributed by atoms with Crippen molar-refractivity contribution in [2.24, 2.45) is 10.3 Å². The summed E-state index contributed by atoms with van der Waals surface area (Å²) in [5.74, 6) is 4.15. The molecule has 0 aliphatic heterocycles. The van der Waals surface area contributed by atoms with Crippen molar-refractivity contribution >= 4 is 44.4 Å². The van der Waals surface area contributed by atoms with Gasteiger partial charge < -0.3 is 5.32 Å². The first-order valence-corrected chi connectivity index (χ1v) is 9.35. The second-order valence-corrected chi connectivity index (χ2v) is 7.36. The number of anilines is 4. The number of benzene rings is 2. The van der Waals surface area contributed by atoms with E-state index >= 15 is 0 Å². The summed E-state index contributed by atoms with van der Waals surface area (Å²) >= 11 is 0. The van der Waals surface area contributed by atoms with E-state index in [0.29, 0.717) is 22.3 Å². The Morgan fingerprint density at radius 3 is 2.31 bits per heavy atom. The maximum absolute atomic E-state index is 11.7. The van der Waals surface area contributed by atoms with Gasteiger partial charge in [-0.1, -0.05) is 23.2 Å². The van der Waals surface area contributed by atoms with Gasteiger partial charge in [-0.3, -0.25) is 5.14 Å². The molecule has 9 heteroatoms. The number of hydrogen-bond donors (Lipinski definition) is 3. The van der Waals surface area contributed by atoms with Gasteiger partial charge in [0, 0.05) is 10.6 Å². The predicted octanol–water partition coefficient (Wildman–Crippen LogP) is 2.73. The Morgan fingerprint density at radius 2 is 1.69 bits per heavy atom. The van der Waals surface area contributed by atoms with Crippen LogP contribution in [0.1, 0.15) is 0 Å². The van der Waals surface area contributed by atoms with Crippen LogP contribution in [0.2, 0.25) is 0 Å². The molecule has 26 heavy (non-hydrogen) atoms. The number of nitrogens with zero attached hydrogens (tertiary/aromatic N) is 2. The van der Waals surface area contributed by atoms with Crippen LogP contribution < -0.4 is 20.8 Å². The number of hydrogen-bond acceptors (Lipinski definition) is 6. The number of H-pyrrole nitrogens is 1. The van der Waals surface area contributed by atoms with E-state index in [9.17, 15) is 9.12 Å². The smallest absolute Gasteiger partial charge is 0.324 e. The number of nitrogens with one attached hydrogen (secondary N) is 3. The molecule has 2 aromatic carbocycles. The normalized spacial score (nSPS) is 12.8. The van der Waals surface area contributed by atoms with E-state index < -0.39 is 9.71 Å². The topological polar surface area (TPSA) is 124 Å². The first-order valence-electron chi connectivity index (χ1n) is 7.56. The predicted molar refractivity (Wildman–Crippen MR) is 103 cm³/mol. The highest BCUT2D eigenvalue weighted by Gasteiger charge is 2.15. The lowest BCUT2D eigenvalue weighted by atomic mass is 10.3. The van der Waals surface area contributed by atoms with Crippen molar-refractivity contribution in [2.75, 3.05) is 10.6 Å². The zero-order valence-electron chi connectivity index (χ0n) is 13.7. The lowest BCUT2D eigenvalue weighted by Crippen LogP contribution is -2.14. The van der Waals surface area contributed by atoms with Crippen LogP contribution in [-0.2, 0) is 9.71 Å². The highest BCUT2D eigenvalue weighted by Crippen LogP contribution is 2.25. The van der Waals surface area contributed by atoms with Gasteiger partial charge in [-0.2, -0.15) is 0 Å². The molecule has 0 saturated heterocycles. The molecule has 3 aromatic rings. The SMILES string of the molecule is C=S(N)(=O)c1ccc(Nc2nc(Nc3ccccc3)c(N=O)c[nH+]2)cc1. The van der Waals surface area contributed by atoms with E-state index in [-0.39, 0.29) is 5.69 Å². The Balaban J connectivity index is 1.84. The van der Waals surface area contributed by atoms with Gasteiger partial charge in [-0.25, -0.2) is 14.5 Å². The van der Waals surface area contributed by atoms with Crippen molar-refractivity contribution in [3.8, 4) is 0 Å². The summed E-state index contributed by atoms with van der Waals surface area (Å²) in [5, 5.41) is 14.6. The summed E-state index contributed by atoms with van der Waals surface area (Å²) in [5.41, 5.74) is 1.62. The lowest BCUT2D eigenvalue weighted by molar-refractivity contribution is -0.363. The van der Waals surface area contributed by atoms with Crippen LogP contribution >= 0.6 is 0 Å². The van der Waals surface area contributed by atoms with Crippen LogP contribution in [0.3, 0.4) is 0 Å². The number of aromatic nitrogens is 2. The number of nitroso groups, excluding NO2 is 1. The van der Waals surface area contributed by atoms with Gasteiger partial charge in [0.15, 0.2) is 5.69 Å². The molecular formula is C17H17N6O2S+. The average Bonchev–Trinajstić information content (AvgIpc) is 2.63. The van der Waals surface area contributed by atoms with E-state index in [1.165, 1.54) is 6.20 Å². The molecule has 1 atom stereocenters. The van der Waals surface area contributed by atoms with E-state index in [1.807, 2.05) is 30.3 Å². The highest BCUT2D eigenvalue weighted by molar-refractivity contribution is 7.98. The van der Waals surface area contributed by atoms with E-state index in [0.717, 1.165) is 5.69 Å². The van der Waals surface area contributed by atoms with E-state index in [2.05, 4.69) is 31.6 Å². The molecule has 0 spiro atoms. The van der Waals surface area contributed by atoms with Crippen molar-refractivity contribution < 1.29 is 9.19 Å². The molecule has 1 unspecified atom stereocenters. The van der Waals surface area contributed by atoms with Gasteiger partial charge in [-0.05, 0) is 47.4 Å². The zero-order valence-corrected chi connectivity index (χ0v) is 14.5. The number of aromatic amines is 1. The number of para-hydroxylation sites is 1. The standard InChI is InChI=1S/C17H16N6O2S/c1-26(18,25)14-9-7-13(8-10-14)21-17-19-11-15(23-24)16(22-17)20-12-5-3-2-4-6-12/h2-11H,1H2,(H2,18,25)(H2,19,20,21,22)/p+1. The zero-order chi connectivity index (χ0) is 18.6. The van der Waals surface area contributed by atoms with Gasteiger partial charge >= 0.3 is 5.95 Å². The lowest BCUT2D eigenvalue weighted by Gasteiger charge is -2.05. The second kappa shape index (κ2) is 7.30. The van der Waals surface area contributed by atoms with E-state index in [4.69, 9.17) is 5.14 Å². The molecule has 5 N–H and O–H groups in total. The summed E-state index contributed by atoms with van der Waals surface area (Å²) in [4.78, 5) is 18.7. The molecule has 0 aliphatic rings. The minimum atomic E-state index is -2.75. The van der Waals surface area contributed by atoms with Crippen molar-refractivity contribution in [2.45, 2.75) is 4.90 Å². The van der Waals surface area contributed by atoms with Crippen molar-refractivity contribution in [1.82, 2.24) is 4.98 Å². The molecule has 0 fully saturated rings. The molecule has 1 heterocycles. The molecule has 0 amide bonds. The maximum Gasteiger partial charge on any atom is 0.396 e. The van der Waals surface area contributed by atoms with Crippen LogP contribution in [0.4, 0.5) is 28.8 Å². The third-order valence-corrected chi connectivity index (χ3v) is 4.53. The van der Waals surface area contributed by atoms with Crippen molar-refractivity contribution in [3.63, 3.8) is 0 Å². The summed E-state index contributed by atoms with van der Waals surface area (Å²) in [7, 11) is -2.75. The highest BCUT2D eigenvalue weighted by atomic mass is 32.2. The monoisotopic (exact) mass is 369 g/mol. The van der Waals surface area contributed by atoms with Gasteiger partial charge in [0.05, 0.1) is 21.6 Å². The summed E-state index contributed by atoms with van der Waals surface area (Å²) < 4.78 is 11.7. The fraction of sp³-hybridized carbons (Fsp3) is 0.